The molecule has 0 bridgehead atoms. The molecule has 0 aromatic rings. The molecule has 0 rings (SSSR count). The third kappa shape index (κ3) is 29.7. The lowest BCUT2D eigenvalue weighted by molar-refractivity contribution is -0.123. The van der Waals surface area contributed by atoms with Gasteiger partial charge in [-0.05, 0) is 0 Å². The van der Waals surface area contributed by atoms with Gasteiger partial charge in [-0.2, -0.15) is 0 Å². The summed E-state index contributed by atoms with van der Waals surface area (Å²) in [5.41, 5.74) is 9.39. The second-order valence-corrected chi connectivity index (χ2v) is 1.54. The van der Waals surface area contributed by atoms with E-state index in [1.807, 2.05) is 0 Å². The first-order valence-corrected chi connectivity index (χ1v) is 2.69. The van der Waals surface area contributed by atoms with Crippen LogP contribution < -0.4 is 11.5 Å². The summed E-state index contributed by atoms with van der Waals surface area (Å²) in [4.78, 5) is 28.2. The first kappa shape index (κ1) is 12.1. The van der Waals surface area contributed by atoms with Crippen molar-refractivity contribution in [3.8, 4) is 0 Å². The molecule has 0 fully saturated rings. The van der Waals surface area contributed by atoms with Gasteiger partial charge in [0.25, 0.3) is 6.47 Å². The van der Waals surface area contributed by atoms with E-state index in [0.717, 1.165) is 0 Å². The molecule has 0 unspecified atom stereocenters. The number of primary amides is 2. The average Bonchev–Trinajstić information content (AvgIpc) is 1.85. The second kappa shape index (κ2) is 8.41. The Balaban J connectivity index is 0. The maximum atomic E-state index is 9.92. The van der Waals surface area contributed by atoms with Crippen molar-refractivity contribution in [3.63, 3.8) is 0 Å². The van der Waals surface area contributed by atoms with Crippen LogP contribution in [0.4, 0.5) is 0 Å². The van der Waals surface area contributed by atoms with Gasteiger partial charge < -0.3 is 16.6 Å². The van der Waals surface area contributed by atoms with Crippen LogP contribution in [0, 0.1) is 0 Å². The number of carbonyl (C=O) groups excluding carboxylic acids is 2. The minimum Gasteiger partial charge on any atom is -0.483 e. The van der Waals surface area contributed by atoms with Crippen molar-refractivity contribution in [2.45, 2.75) is 12.8 Å². The molecule has 5 N–H and O–H groups in total. The molecule has 0 aliphatic carbocycles. The maximum absolute atomic E-state index is 9.92. The van der Waals surface area contributed by atoms with E-state index in [-0.39, 0.29) is 19.3 Å². The lowest BCUT2D eigenvalue weighted by Crippen LogP contribution is -2.16. The fourth-order valence-electron chi connectivity index (χ4n) is 0.246. The summed E-state index contributed by atoms with van der Waals surface area (Å²) in [6, 6.07) is 0. The molecule has 64 valence electrons. The van der Waals surface area contributed by atoms with Gasteiger partial charge in [-0.15, -0.1) is 0 Å². The SMILES string of the molecule is NC(=O)CCC(N)=O.O=CO. The zero-order valence-electron chi connectivity index (χ0n) is 5.82. The number of nitrogens with two attached hydrogens (primary N) is 2. The van der Waals surface area contributed by atoms with Gasteiger partial charge in [0.05, 0.1) is 0 Å². The van der Waals surface area contributed by atoms with Crippen molar-refractivity contribution in [1.82, 2.24) is 0 Å². The first-order chi connectivity index (χ1) is 5.04. The summed E-state index contributed by atoms with van der Waals surface area (Å²) in [5, 5.41) is 6.89. The van der Waals surface area contributed by atoms with Crippen molar-refractivity contribution in [2.75, 3.05) is 0 Å². The Morgan fingerprint density at radius 2 is 1.36 bits per heavy atom. The molecular formula is C5H10N2O4. The predicted molar refractivity (Wildman–Crippen MR) is 36.3 cm³/mol. The summed E-state index contributed by atoms with van der Waals surface area (Å²) >= 11 is 0. The molecule has 11 heavy (non-hydrogen) atoms. The molecule has 0 aromatic carbocycles. The number of rotatable bonds is 3. The van der Waals surface area contributed by atoms with Crippen molar-refractivity contribution < 1.29 is 19.5 Å². The van der Waals surface area contributed by atoms with E-state index in [0.29, 0.717) is 0 Å². The van der Waals surface area contributed by atoms with Gasteiger partial charge >= 0.3 is 0 Å². The van der Waals surface area contributed by atoms with Crippen molar-refractivity contribution in [3.05, 3.63) is 0 Å². The van der Waals surface area contributed by atoms with E-state index in [4.69, 9.17) is 21.4 Å². The van der Waals surface area contributed by atoms with E-state index in [1.54, 1.807) is 0 Å². The molecule has 0 heterocycles. The normalized spacial score (nSPS) is 7.27. The molecule has 0 radical (unpaired) electrons. The minimum atomic E-state index is -0.496. The van der Waals surface area contributed by atoms with E-state index in [2.05, 4.69) is 0 Å². The topological polar surface area (TPSA) is 123 Å². The first-order valence-electron chi connectivity index (χ1n) is 2.69. The highest BCUT2D eigenvalue weighted by Crippen LogP contribution is 1.82. The fourth-order valence-corrected chi connectivity index (χ4v) is 0.246. The van der Waals surface area contributed by atoms with E-state index < -0.39 is 11.8 Å². The third-order valence-electron chi connectivity index (χ3n) is 0.618. The van der Waals surface area contributed by atoms with Gasteiger partial charge in [0.15, 0.2) is 0 Å². The van der Waals surface area contributed by atoms with Gasteiger partial charge in [-0.25, -0.2) is 0 Å². The third-order valence-corrected chi connectivity index (χ3v) is 0.618. The van der Waals surface area contributed by atoms with Crippen molar-refractivity contribution in [2.24, 2.45) is 11.5 Å². The Labute approximate surface area is 63.2 Å². The Hall–Kier alpha value is -1.59. The molecule has 2 amide bonds. The van der Waals surface area contributed by atoms with Gasteiger partial charge in [-0.3, -0.25) is 14.4 Å². The number of hydrogen-bond donors (Lipinski definition) is 3. The van der Waals surface area contributed by atoms with Crippen LogP contribution in [0.15, 0.2) is 0 Å². The van der Waals surface area contributed by atoms with Gasteiger partial charge in [0.2, 0.25) is 11.8 Å². The average molecular weight is 162 g/mol. The highest BCUT2D eigenvalue weighted by Gasteiger charge is 1.96. The van der Waals surface area contributed by atoms with E-state index in [1.165, 1.54) is 0 Å². The lowest BCUT2D eigenvalue weighted by atomic mass is 10.3. The molecule has 0 atom stereocenters. The smallest absolute Gasteiger partial charge is 0.290 e. The zero-order chi connectivity index (χ0) is 9.28. The van der Waals surface area contributed by atoms with E-state index in [9.17, 15) is 9.59 Å². The summed E-state index contributed by atoms with van der Waals surface area (Å²) in [7, 11) is 0. The molecular weight excluding hydrogens is 152 g/mol. The Kier molecular flexibility index (Phi) is 9.27. The Morgan fingerprint density at radius 1 is 1.18 bits per heavy atom. The molecule has 0 spiro atoms. The summed E-state index contributed by atoms with van der Waals surface area (Å²) in [5.74, 6) is -0.993. The van der Waals surface area contributed by atoms with Crippen LogP contribution in [0.1, 0.15) is 12.8 Å². The van der Waals surface area contributed by atoms with Gasteiger partial charge in [0.1, 0.15) is 0 Å². The molecule has 6 heteroatoms. The summed E-state index contributed by atoms with van der Waals surface area (Å²) < 4.78 is 0. The Bertz CT molecular complexity index is 131. The largest absolute Gasteiger partial charge is 0.483 e. The number of hydrogen-bond acceptors (Lipinski definition) is 3. The predicted octanol–water partition coefficient (Wildman–Crippen LogP) is -1.56. The van der Waals surface area contributed by atoms with Crippen LogP contribution in [-0.2, 0) is 14.4 Å². The number of carbonyl (C=O) groups is 3. The minimum absolute atomic E-state index is 0.0509. The Morgan fingerprint density at radius 3 is 1.45 bits per heavy atom. The lowest BCUT2D eigenvalue weighted by Gasteiger charge is -1.87. The monoisotopic (exact) mass is 162 g/mol. The zero-order valence-corrected chi connectivity index (χ0v) is 5.82. The van der Waals surface area contributed by atoms with Crippen LogP contribution in [0.2, 0.25) is 0 Å². The molecule has 0 aromatic heterocycles. The molecule has 6 nitrogen and oxygen atoms in total. The van der Waals surface area contributed by atoms with Crippen LogP contribution in [0.25, 0.3) is 0 Å². The van der Waals surface area contributed by atoms with Gasteiger partial charge in [0, 0.05) is 12.8 Å². The molecule has 0 aliphatic heterocycles. The van der Waals surface area contributed by atoms with Crippen LogP contribution in [0.5, 0.6) is 0 Å². The second-order valence-electron chi connectivity index (χ2n) is 1.54. The van der Waals surface area contributed by atoms with Crippen molar-refractivity contribution >= 4 is 18.3 Å². The molecule has 0 aliphatic rings. The number of carboxylic acid groups (broad SMARTS) is 1. The highest BCUT2D eigenvalue weighted by molar-refractivity contribution is 5.81. The molecule has 0 saturated heterocycles. The van der Waals surface area contributed by atoms with Gasteiger partial charge in [-0.1, -0.05) is 0 Å². The van der Waals surface area contributed by atoms with Crippen LogP contribution in [0.3, 0.4) is 0 Å². The summed E-state index contributed by atoms with van der Waals surface area (Å²) in [6.07, 6.45) is 0.102. The van der Waals surface area contributed by atoms with Crippen molar-refractivity contribution in [1.29, 1.82) is 0 Å². The summed E-state index contributed by atoms with van der Waals surface area (Å²) in [6.45, 7) is -0.250. The molecule has 0 saturated carbocycles. The highest BCUT2D eigenvalue weighted by atomic mass is 16.3. The quantitative estimate of drug-likeness (QED) is 0.434. The standard InChI is InChI=1S/C4H8N2O2.CH2O2/c5-3(7)1-2-4(6)8;2-1-3/h1-2H2,(H2,5,7)(H2,6,8);1H,(H,2,3). The van der Waals surface area contributed by atoms with Crippen LogP contribution in [-0.4, -0.2) is 23.4 Å². The number of amides is 2. The van der Waals surface area contributed by atoms with Crippen LogP contribution >= 0.6 is 0 Å². The van der Waals surface area contributed by atoms with E-state index >= 15 is 0 Å². The maximum Gasteiger partial charge on any atom is 0.290 e. The fraction of sp³-hybridized carbons (Fsp3) is 0.400.